The zero-order valence-electron chi connectivity index (χ0n) is 13.8. The number of carbonyl (C=O) groups is 1. The van der Waals surface area contributed by atoms with Gasteiger partial charge >= 0.3 is 0 Å². The third kappa shape index (κ3) is 5.35. The third-order valence-electron chi connectivity index (χ3n) is 3.48. The van der Waals surface area contributed by atoms with E-state index in [0.717, 1.165) is 17.0 Å². The van der Waals surface area contributed by atoms with Crippen LogP contribution in [0.5, 0.6) is 11.5 Å². The smallest absolute Gasteiger partial charge is 0.222 e. The molecular weight excluding hydrogens is 328 g/mol. The molecule has 2 rings (SSSR count). The number of benzene rings is 2. The quantitative estimate of drug-likeness (QED) is 0.766. The van der Waals surface area contributed by atoms with Crippen molar-refractivity contribution in [2.45, 2.75) is 13.0 Å². The molecule has 0 atom stereocenters. The molecule has 0 aliphatic rings. The highest BCUT2D eigenvalue weighted by Gasteiger charge is 2.05. The Morgan fingerprint density at radius 1 is 1.08 bits per heavy atom. The van der Waals surface area contributed by atoms with Crippen molar-refractivity contribution in [3.63, 3.8) is 0 Å². The molecule has 0 aromatic heterocycles. The Bertz CT molecular complexity index is 674. The van der Waals surface area contributed by atoms with Crippen molar-refractivity contribution in [1.29, 1.82) is 0 Å². The monoisotopic (exact) mass is 348 g/mol. The largest absolute Gasteiger partial charge is 0.497 e. The lowest BCUT2D eigenvalue weighted by Gasteiger charge is -2.11. The standard InChI is InChI=1S/C18H21ClN2O3/c1-23-15-6-3-13(4-7-15)12-21-18(22)9-10-20-16-11-14(19)5-8-17(16)24-2/h3-8,11,20H,9-10,12H2,1-2H3,(H,21,22). The number of rotatable bonds is 8. The Morgan fingerprint density at radius 3 is 2.50 bits per heavy atom. The van der Waals surface area contributed by atoms with E-state index < -0.39 is 0 Å². The first-order valence-electron chi connectivity index (χ1n) is 7.59. The van der Waals surface area contributed by atoms with Gasteiger partial charge in [0, 0.05) is 24.5 Å². The highest BCUT2D eigenvalue weighted by atomic mass is 35.5. The lowest BCUT2D eigenvalue weighted by molar-refractivity contribution is -0.121. The molecule has 6 heteroatoms. The number of hydrogen-bond acceptors (Lipinski definition) is 4. The van der Waals surface area contributed by atoms with Crippen LogP contribution in [-0.2, 0) is 11.3 Å². The van der Waals surface area contributed by atoms with Gasteiger partial charge in [-0.05, 0) is 35.9 Å². The van der Waals surface area contributed by atoms with Crippen molar-refractivity contribution < 1.29 is 14.3 Å². The fraction of sp³-hybridized carbons (Fsp3) is 0.278. The highest BCUT2D eigenvalue weighted by molar-refractivity contribution is 6.30. The van der Waals surface area contributed by atoms with Crippen LogP contribution in [0.25, 0.3) is 0 Å². The Balaban J connectivity index is 1.76. The molecule has 2 aromatic carbocycles. The van der Waals surface area contributed by atoms with Gasteiger partial charge in [0.05, 0.1) is 19.9 Å². The molecule has 0 saturated heterocycles. The summed E-state index contributed by atoms with van der Waals surface area (Å²) in [6.45, 7) is 0.981. The fourth-order valence-corrected chi connectivity index (χ4v) is 2.33. The van der Waals surface area contributed by atoms with Crippen LogP contribution >= 0.6 is 11.6 Å². The van der Waals surface area contributed by atoms with E-state index in [1.165, 1.54) is 0 Å². The van der Waals surface area contributed by atoms with Gasteiger partial charge in [-0.2, -0.15) is 0 Å². The molecule has 0 spiro atoms. The van der Waals surface area contributed by atoms with Crippen molar-refractivity contribution in [2.75, 3.05) is 26.1 Å². The molecule has 0 aliphatic heterocycles. The van der Waals surface area contributed by atoms with Gasteiger partial charge in [-0.15, -0.1) is 0 Å². The minimum Gasteiger partial charge on any atom is -0.497 e. The fourth-order valence-electron chi connectivity index (χ4n) is 2.16. The molecule has 0 bridgehead atoms. The number of halogens is 1. The summed E-state index contributed by atoms with van der Waals surface area (Å²) in [4.78, 5) is 11.9. The van der Waals surface area contributed by atoms with E-state index in [0.29, 0.717) is 30.3 Å². The van der Waals surface area contributed by atoms with Gasteiger partial charge in [-0.1, -0.05) is 23.7 Å². The number of methoxy groups -OCH3 is 2. The second-order valence-electron chi connectivity index (χ2n) is 5.15. The summed E-state index contributed by atoms with van der Waals surface area (Å²) in [7, 11) is 3.22. The van der Waals surface area contributed by atoms with E-state index in [1.807, 2.05) is 24.3 Å². The molecule has 128 valence electrons. The average Bonchev–Trinajstić information content (AvgIpc) is 2.60. The molecule has 24 heavy (non-hydrogen) atoms. The SMILES string of the molecule is COc1ccc(CNC(=O)CCNc2cc(Cl)ccc2OC)cc1. The van der Waals surface area contributed by atoms with Gasteiger partial charge in [-0.25, -0.2) is 0 Å². The van der Waals surface area contributed by atoms with E-state index >= 15 is 0 Å². The minimum atomic E-state index is -0.0284. The first kappa shape index (κ1) is 17.9. The Kier molecular flexibility index (Phi) is 6.75. The molecule has 0 fully saturated rings. The second kappa shape index (κ2) is 9.03. The van der Waals surface area contributed by atoms with E-state index in [9.17, 15) is 4.79 Å². The van der Waals surface area contributed by atoms with Crippen LogP contribution in [0.3, 0.4) is 0 Å². The van der Waals surface area contributed by atoms with Gasteiger partial charge in [0.1, 0.15) is 11.5 Å². The topological polar surface area (TPSA) is 59.6 Å². The van der Waals surface area contributed by atoms with Crippen molar-refractivity contribution in [3.05, 3.63) is 53.1 Å². The summed E-state index contributed by atoms with van der Waals surface area (Å²) < 4.78 is 10.4. The normalized spacial score (nSPS) is 10.1. The molecule has 0 radical (unpaired) electrons. The van der Waals surface area contributed by atoms with Crippen LogP contribution in [0.4, 0.5) is 5.69 Å². The van der Waals surface area contributed by atoms with Gasteiger partial charge in [0.15, 0.2) is 0 Å². The maximum absolute atomic E-state index is 11.9. The van der Waals surface area contributed by atoms with Gasteiger partial charge in [-0.3, -0.25) is 4.79 Å². The van der Waals surface area contributed by atoms with Gasteiger partial charge in [0.25, 0.3) is 0 Å². The maximum Gasteiger partial charge on any atom is 0.222 e. The van der Waals surface area contributed by atoms with Crippen LogP contribution in [0.2, 0.25) is 5.02 Å². The lowest BCUT2D eigenvalue weighted by Crippen LogP contribution is -2.24. The molecule has 0 saturated carbocycles. The molecular formula is C18H21ClN2O3. The highest BCUT2D eigenvalue weighted by Crippen LogP contribution is 2.27. The van der Waals surface area contributed by atoms with E-state index in [4.69, 9.17) is 21.1 Å². The number of nitrogens with one attached hydrogen (secondary N) is 2. The molecule has 0 unspecified atom stereocenters. The maximum atomic E-state index is 11.9. The second-order valence-corrected chi connectivity index (χ2v) is 5.58. The van der Waals surface area contributed by atoms with E-state index in [-0.39, 0.29) is 5.91 Å². The summed E-state index contributed by atoms with van der Waals surface area (Å²) in [5, 5.41) is 6.66. The van der Waals surface area contributed by atoms with E-state index in [1.54, 1.807) is 32.4 Å². The predicted octanol–water partition coefficient (Wildman–Crippen LogP) is 3.48. The van der Waals surface area contributed by atoms with Crippen molar-refractivity contribution in [2.24, 2.45) is 0 Å². The molecule has 5 nitrogen and oxygen atoms in total. The van der Waals surface area contributed by atoms with Crippen molar-refractivity contribution in [1.82, 2.24) is 5.32 Å². The minimum absolute atomic E-state index is 0.0284. The third-order valence-corrected chi connectivity index (χ3v) is 3.71. The van der Waals surface area contributed by atoms with E-state index in [2.05, 4.69) is 10.6 Å². The Morgan fingerprint density at radius 2 is 1.83 bits per heavy atom. The summed E-state index contributed by atoms with van der Waals surface area (Å²) >= 11 is 5.97. The number of anilines is 1. The van der Waals surface area contributed by atoms with Crippen LogP contribution in [0.1, 0.15) is 12.0 Å². The Labute approximate surface area is 146 Å². The summed E-state index contributed by atoms with van der Waals surface area (Å²) in [6.07, 6.45) is 0.353. The molecule has 0 aliphatic carbocycles. The van der Waals surface area contributed by atoms with Crippen molar-refractivity contribution in [3.8, 4) is 11.5 Å². The number of hydrogen-bond donors (Lipinski definition) is 2. The molecule has 1 amide bonds. The number of amides is 1. The molecule has 0 heterocycles. The van der Waals surface area contributed by atoms with Crippen molar-refractivity contribution >= 4 is 23.2 Å². The first-order chi connectivity index (χ1) is 11.6. The summed E-state index contributed by atoms with van der Waals surface area (Å²) in [6, 6.07) is 12.9. The molecule has 2 aromatic rings. The van der Waals surface area contributed by atoms with Crippen LogP contribution < -0.4 is 20.1 Å². The number of carbonyl (C=O) groups excluding carboxylic acids is 1. The van der Waals surface area contributed by atoms with Crippen LogP contribution in [0.15, 0.2) is 42.5 Å². The van der Waals surface area contributed by atoms with Crippen LogP contribution in [-0.4, -0.2) is 26.7 Å². The van der Waals surface area contributed by atoms with Crippen LogP contribution in [0, 0.1) is 0 Å². The number of ether oxygens (including phenoxy) is 2. The average molecular weight is 349 g/mol. The predicted molar refractivity (Wildman–Crippen MR) is 96.0 cm³/mol. The zero-order valence-corrected chi connectivity index (χ0v) is 14.5. The van der Waals surface area contributed by atoms with Gasteiger partial charge in [0.2, 0.25) is 5.91 Å². The Hall–Kier alpha value is -2.40. The van der Waals surface area contributed by atoms with Gasteiger partial charge < -0.3 is 20.1 Å². The molecule has 2 N–H and O–H groups in total. The lowest BCUT2D eigenvalue weighted by atomic mass is 10.2. The summed E-state index contributed by atoms with van der Waals surface area (Å²) in [5.41, 5.74) is 1.79. The zero-order chi connectivity index (χ0) is 17.4. The first-order valence-corrected chi connectivity index (χ1v) is 7.97. The summed E-state index contributed by atoms with van der Waals surface area (Å²) in [5.74, 6) is 1.46.